The lowest BCUT2D eigenvalue weighted by Gasteiger charge is -2.27. The predicted molar refractivity (Wildman–Crippen MR) is 118 cm³/mol. The van der Waals surface area contributed by atoms with Gasteiger partial charge in [0.25, 0.3) is 0 Å². The summed E-state index contributed by atoms with van der Waals surface area (Å²) in [6.45, 7) is 0. The zero-order chi connectivity index (χ0) is 23.4. The maximum Gasteiger partial charge on any atom is 0.416 e. The van der Waals surface area contributed by atoms with Crippen molar-refractivity contribution in [2.45, 2.75) is 38.0 Å². The van der Waals surface area contributed by atoms with Crippen LogP contribution in [0.25, 0.3) is 33.5 Å². The van der Waals surface area contributed by atoms with Gasteiger partial charge < -0.3 is 0 Å². The first kappa shape index (κ1) is 21.8. The summed E-state index contributed by atoms with van der Waals surface area (Å²) in [4.78, 5) is 0. The smallest absolute Gasteiger partial charge is 0.171 e. The monoisotopic (exact) mass is 458 g/mol. The average molecular weight is 458 g/mol. The van der Waals surface area contributed by atoms with Gasteiger partial charge in [-0.1, -0.05) is 59.7 Å². The number of halogens is 6. The quantitative estimate of drug-likeness (QED) is 0.283. The molecule has 0 N–H and O–H groups in total. The van der Waals surface area contributed by atoms with Crippen molar-refractivity contribution in [2.75, 3.05) is 0 Å². The molecule has 6 heteroatoms. The van der Waals surface area contributed by atoms with Gasteiger partial charge in [-0.2, -0.15) is 26.3 Å². The summed E-state index contributed by atoms with van der Waals surface area (Å²) in [6.07, 6.45) is -3.77. The van der Waals surface area contributed by atoms with Crippen molar-refractivity contribution in [3.8, 4) is 11.1 Å². The molecule has 0 aromatic heterocycles. The highest BCUT2D eigenvalue weighted by atomic mass is 19.4. The first-order valence-corrected chi connectivity index (χ1v) is 10.8. The zero-order valence-electron chi connectivity index (χ0n) is 17.5. The standard InChI is InChI=1S/C27H20F6/c28-26(29,30)15-16-1-9-22-19(13-16)5-11-25-23-10-4-18(14-20(23)6-12-24(22)25)17-2-7-21(8-3-17)27(31,32)33/h2-4,6-8,10-14,19H,1,5,9,15H2/t19-/m1/s1. The van der Waals surface area contributed by atoms with Crippen molar-refractivity contribution in [1.82, 2.24) is 0 Å². The molecular formula is C27H20F6. The molecule has 0 saturated heterocycles. The van der Waals surface area contributed by atoms with Crippen LogP contribution in [-0.4, -0.2) is 6.18 Å². The van der Waals surface area contributed by atoms with Crippen LogP contribution in [0, 0.1) is 5.92 Å². The molecule has 0 saturated carbocycles. The van der Waals surface area contributed by atoms with Crippen molar-refractivity contribution in [1.29, 1.82) is 0 Å². The van der Waals surface area contributed by atoms with Gasteiger partial charge in [0.15, 0.2) is 0 Å². The molecule has 2 aliphatic rings. The van der Waals surface area contributed by atoms with E-state index in [1.165, 1.54) is 17.7 Å². The molecular weight excluding hydrogens is 438 g/mol. The molecule has 0 bridgehead atoms. The minimum atomic E-state index is -4.37. The van der Waals surface area contributed by atoms with Crippen LogP contribution in [0.5, 0.6) is 0 Å². The predicted octanol–water partition coefficient (Wildman–Crippen LogP) is 7.15. The maximum atomic E-state index is 12.8. The molecule has 3 aromatic rings. The fourth-order valence-corrected chi connectivity index (χ4v) is 5.03. The highest BCUT2D eigenvalue weighted by Gasteiger charge is 2.32. The Morgan fingerprint density at radius 2 is 1.52 bits per heavy atom. The Balaban J connectivity index is 1.52. The number of rotatable bonds is 2. The Kier molecular flexibility index (Phi) is 5.15. The van der Waals surface area contributed by atoms with Crippen molar-refractivity contribution in [3.05, 3.63) is 82.2 Å². The Morgan fingerprint density at radius 1 is 0.788 bits per heavy atom. The number of fused-ring (bicyclic) bond motifs is 4. The molecule has 0 spiro atoms. The number of alkyl halides is 6. The molecule has 33 heavy (non-hydrogen) atoms. The molecule has 5 rings (SSSR count). The number of hydrogen-bond acceptors (Lipinski definition) is 0. The van der Waals surface area contributed by atoms with Crippen molar-refractivity contribution in [2.24, 2.45) is 5.92 Å². The molecule has 0 aliphatic heterocycles. The zero-order valence-corrected chi connectivity index (χ0v) is 17.5. The molecule has 0 radical (unpaired) electrons. The van der Waals surface area contributed by atoms with E-state index < -0.39 is 24.3 Å². The molecule has 0 unspecified atom stereocenters. The first-order valence-electron chi connectivity index (χ1n) is 10.8. The molecule has 3 aromatic carbocycles. The van der Waals surface area contributed by atoms with Gasteiger partial charge in [0.05, 0.1) is 12.0 Å². The van der Waals surface area contributed by atoms with Gasteiger partial charge in [0, 0.05) is 5.92 Å². The van der Waals surface area contributed by atoms with Crippen LogP contribution in [0.2, 0.25) is 0 Å². The lowest BCUT2D eigenvalue weighted by molar-refractivity contribution is -0.137. The molecule has 0 amide bonds. The highest BCUT2D eigenvalue weighted by Crippen LogP contribution is 2.37. The van der Waals surface area contributed by atoms with Crippen molar-refractivity contribution >= 4 is 22.4 Å². The number of benzene rings is 3. The lowest BCUT2D eigenvalue weighted by Crippen LogP contribution is -2.34. The summed E-state index contributed by atoms with van der Waals surface area (Å²) in [5.74, 6) is 0.00692. The van der Waals surface area contributed by atoms with Gasteiger partial charge in [0.2, 0.25) is 0 Å². The normalized spacial score (nSPS) is 18.4. The van der Waals surface area contributed by atoms with Gasteiger partial charge in [-0.25, -0.2) is 0 Å². The second-order valence-corrected chi connectivity index (χ2v) is 8.73. The van der Waals surface area contributed by atoms with Gasteiger partial charge in [-0.3, -0.25) is 0 Å². The fourth-order valence-electron chi connectivity index (χ4n) is 5.03. The summed E-state index contributed by atoms with van der Waals surface area (Å²) in [5.41, 5.74) is 2.51. The van der Waals surface area contributed by atoms with Gasteiger partial charge in [-0.05, 0) is 69.8 Å². The Morgan fingerprint density at radius 3 is 2.21 bits per heavy atom. The third kappa shape index (κ3) is 4.31. The summed E-state index contributed by atoms with van der Waals surface area (Å²) in [6, 6.07) is 15.0. The van der Waals surface area contributed by atoms with E-state index in [9.17, 15) is 26.3 Å². The third-order valence-corrected chi connectivity index (χ3v) is 6.56. The van der Waals surface area contributed by atoms with Crippen LogP contribution in [0.1, 0.15) is 31.2 Å². The van der Waals surface area contributed by atoms with E-state index in [0.29, 0.717) is 30.4 Å². The molecule has 170 valence electrons. The first-order chi connectivity index (χ1) is 15.6. The van der Waals surface area contributed by atoms with Crippen LogP contribution >= 0.6 is 0 Å². The topological polar surface area (TPSA) is 0 Å². The molecule has 1 atom stereocenters. The van der Waals surface area contributed by atoms with E-state index in [0.717, 1.165) is 38.9 Å². The van der Waals surface area contributed by atoms with Crippen LogP contribution in [0.3, 0.4) is 0 Å². The highest BCUT2D eigenvalue weighted by molar-refractivity contribution is 5.89. The molecule has 2 aliphatic carbocycles. The van der Waals surface area contributed by atoms with E-state index in [4.69, 9.17) is 0 Å². The summed E-state index contributed by atoms with van der Waals surface area (Å²) in [7, 11) is 0. The SMILES string of the molecule is FC(F)(F)CC1=C[C@H]2CC=c3c(ccc4cc(-c5ccc(C(F)(F)F)cc5)ccc34)=C2CC1. The van der Waals surface area contributed by atoms with E-state index in [1.807, 2.05) is 30.3 Å². The van der Waals surface area contributed by atoms with Gasteiger partial charge in [-0.15, -0.1) is 0 Å². The van der Waals surface area contributed by atoms with E-state index >= 15 is 0 Å². The van der Waals surface area contributed by atoms with Crippen LogP contribution in [0.15, 0.2) is 66.2 Å². The Bertz CT molecular complexity index is 1370. The largest absolute Gasteiger partial charge is 0.416 e. The van der Waals surface area contributed by atoms with Gasteiger partial charge in [0.1, 0.15) is 0 Å². The summed E-state index contributed by atoms with van der Waals surface area (Å²) in [5, 5.41) is 4.19. The van der Waals surface area contributed by atoms with E-state index in [-0.39, 0.29) is 5.92 Å². The summed E-state index contributed by atoms with van der Waals surface area (Å²) < 4.78 is 76.9. The Hall–Kier alpha value is -3.02. The number of allylic oxidation sites excluding steroid dienone is 2. The second kappa shape index (κ2) is 7.79. The van der Waals surface area contributed by atoms with Crippen LogP contribution < -0.4 is 10.4 Å². The lowest BCUT2D eigenvalue weighted by atomic mass is 9.78. The van der Waals surface area contributed by atoms with E-state index in [2.05, 4.69) is 6.08 Å². The number of hydrogen-bond donors (Lipinski definition) is 0. The summed E-state index contributed by atoms with van der Waals surface area (Å²) >= 11 is 0. The third-order valence-electron chi connectivity index (χ3n) is 6.56. The Labute approximate surface area is 186 Å². The van der Waals surface area contributed by atoms with Crippen LogP contribution in [0.4, 0.5) is 26.3 Å². The fraction of sp³-hybridized carbons (Fsp3) is 0.259. The maximum absolute atomic E-state index is 12.8. The molecule has 0 heterocycles. The average Bonchev–Trinajstić information content (AvgIpc) is 2.76. The van der Waals surface area contributed by atoms with Crippen molar-refractivity contribution < 1.29 is 26.3 Å². The molecule has 0 fully saturated rings. The minimum absolute atomic E-state index is 0.00692. The van der Waals surface area contributed by atoms with Gasteiger partial charge >= 0.3 is 12.4 Å². The second-order valence-electron chi connectivity index (χ2n) is 8.73. The van der Waals surface area contributed by atoms with E-state index in [1.54, 1.807) is 6.08 Å². The molecule has 0 nitrogen and oxygen atoms in total. The minimum Gasteiger partial charge on any atom is -0.171 e. The van der Waals surface area contributed by atoms with Crippen molar-refractivity contribution in [3.63, 3.8) is 0 Å². The van der Waals surface area contributed by atoms with Crippen LogP contribution in [-0.2, 0) is 6.18 Å².